The number of aromatic nitrogens is 2. The second-order valence-corrected chi connectivity index (χ2v) is 2.76. The van der Waals surface area contributed by atoms with Gasteiger partial charge in [0, 0.05) is 19.9 Å². The van der Waals surface area contributed by atoms with Crippen LogP contribution < -0.4 is 0 Å². The van der Waals surface area contributed by atoms with Gasteiger partial charge >= 0.3 is 0 Å². The third-order valence-electron chi connectivity index (χ3n) is 1.63. The van der Waals surface area contributed by atoms with Crippen LogP contribution in [0, 0.1) is 6.92 Å². The highest BCUT2D eigenvalue weighted by Gasteiger charge is 1.99. The predicted octanol–water partition coefficient (Wildman–Crippen LogP) is 1.23. The molecule has 11 heavy (non-hydrogen) atoms. The highest BCUT2D eigenvalue weighted by molar-refractivity contribution is 4.92. The van der Waals surface area contributed by atoms with E-state index < -0.39 is 0 Å². The molecule has 0 N–H and O–H groups in total. The van der Waals surface area contributed by atoms with Gasteiger partial charge in [-0.3, -0.25) is 0 Å². The lowest BCUT2D eigenvalue weighted by Crippen LogP contribution is -2.13. The van der Waals surface area contributed by atoms with Crippen molar-refractivity contribution in [2.75, 3.05) is 7.11 Å². The zero-order chi connectivity index (χ0) is 8.27. The molecule has 1 aromatic heterocycles. The Kier molecular flexibility index (Phi) is 2.65. The van der Waals surface area contributed by atoms with Crippen molar-refractivity contribution in [3.05, 3.63) is 18.2 Å². The SMILES string of the molecule is COC(C)Cn1cnc(C)c1. The van der Waals surface area contributed by atoms with Crippen LogP contribution in [0.3, 0.4) is 0 Å². The first kappa shape index (κ1) is 8.27. The van der Waals surface area contributed by atoms with Crippen LogP contribution in [0.5, 0.6) is 0 Å². The number of imidazole rings is 1. The van der Waals surface area contributed by atoms with E-state index >= 15 is 0 Å². The van der Waals surface area contributed by atoms with E-state index in [-0.39, 0.29) is 6.10 Å². The molecule has 0 bridgehead atoms. The number of aryl methyl sites for hydroxylation is 1. The largest absolute Gasteiger partial charge is 0.380 e. The quantitative estimate of drug-likeness (QED) is 0.654. The minimum Gasteiger partial charge on any atom is -0.380 e. The molecule has 0 fully saturated rings. The second kappa shape index (κ2) is 3.53. The Hall–Kier alpha value is -0.830. The molecular weight excluding hydrogens is 140 g/mol. The normalized spacial score (nSPS) is 13.4. The Morgan fingerprint density at radius 1 is 1.73 bits per heavy atom. The topological polar surface area (TPSA) is 27.1 Å². The number of methoxy groups -OCH3 is 1. The van der Waals surface area contributed by atoms with Crippen molar-refractivity contribution < 1.29 is 4.74 Å². The number of ether oxygens (including phenoxy) is 1. The van der Waals surface area contributed by atoms with Gasteiger partial charge < -0.3 is 9.30 Å². The van der Waals surface area contributed by atoms with E-state index in [1.807, 2.05) is 30.9 Å². The molecule has 62 valence electrons. The van der Waals surface area contributed by atoms with Crippen LogP contribution in [-0.4, -0.2) is 22.8 Å². The molecule has 3 nitrogen and oxygen atoms in total. The van der Waals surface area contributed by atoms with Crippen LogP contribution >= 0.6 is 0 Å². The van der Waals surface area contributed by atoms with E-state index in [1.54, 1.807) is 7.11 Å². The van der Waals surface area contributed by atoms with Crippen LogP contribution in [-0.2, 0) is 11.3 Å². The van der Waals surface area contributed by atoms with Crippen LogP contribution in [0.25, 0.3) is 0 Å². The van der Waals surface area contributed by atoms with Crippen molar-refractivity contribution in [2.24, 2.45) is 0 Å². The summed E-state index contributed by atoms with van der Waals surface area (Å²) in [7, 11) is 1.72. The van der Waals surface area contributed by atoms with Crippen molar-refractivity contribution in [3.63, 3.8) is 0 Å². The molecule has 0 radical (unpaired) electrons. The zero-order valence-corrected chi connectivity index (χ0v) is 7.24. The van der Waals surface area contributed by atoms with Gasteiger partial charge in [0.25, 0.3) is 0 Å². The molecule has 0 spiro atoms. The van der Waals surface area contributed by atoms with Gasteiger partial charge in [-0.05, 0) is 13.8 Å². The molecule has 1 heterocycles. The van der Waals surface area contributed by atoms with Crippen LogP contribution in [0.1, 0.15) is 12.6 Å². The Bertz CT molecular complexity index is 220. The summed E-state index contributed by atoms with van der Waals surface area (Å²) in [5.74, 6) is 0. The summed E-state index contributed by atoms with van der Waals surface area (Å²) in [6.07, 6.45) is 4.09. The summed E-state index contributed by atoms with van der Waals surface area (Å²) in [4.78, 5) is 4.11. The fourth-order valence-corrected chi connectivity index (χ4v) is 0.943. The Labute approximate surface area is 67.0 Å². The van der Waals surface area contributed by atoms with E-state index in [9.17, 15) is 0 Å². The van der Waals surface area contributed by atoms with Crippen LogP contribution in [0.15, 0.2) is 12.5 Å². The van der Waals surface area contributed by atoms with Gasteiger partial charge in [-0.1, -0.05) is 0 Å². The minimum atomic E-state index is 0.253. The monoisotopic (exact) mass is 154 g/mol. The number of hydrogen-bond acceptors (Lipinski definition) is 2. The maximum Gasteiger partial charge on any atom is 0.0950 e. The van der Waals surface area contributed by atoms with Crippen molar-refractivity contribution >= 4 is 0 Å². The summed E-state index contributed by atoms with van der Waals surface area (Å²) in [6, 6.07) is 0. The van der Waals surface area contributed by atoms with E-state index in [0.717, 1.165) is 12.2 Å². The maximum absolute atomic E-state index is 5.11. The molecule has 0 aliphatic heterocycles. The van der Waals surface area contributed by atoms with Gasteiger partial charge in [0.05, 0.1) is 18.1 Å². The van der Waals surface area contributed by atoms with Crippen LogP contribution in [0.2, 0.25) is 0 Å². The summed E-state index contributed by atoms with van der Waals surface area (Å²) >= 11 is 0. The minimum absolute atomic E-state index is 0.253. The van der Waals surface area contributed by atoms with Gasteiger partial charge in [-0.25, -0.2) is 4.98 Å². The van der Waals surface area contributed by atoms with Crippen molar-refractivity contribution in [1.29, 1.82) is 0 Å². The Balaban J connectivity index is 2.50. The highest BCUT2D eigenvalue weighted by Crippen LogP contribution is 1.97. The zero-order valence-electron chi connectivity index (χ0n) is 7.24. The average molecular weight is 154 g/mol. The Morgan fingerprint density at radius 3 is 2.91 bits per heavy atom. The molecule has 1 rings (SSSR count). The molecule has 1 unspecified atom stereocenters. The van der Waals surface area contributed by atoms with Gasteiger partial charge in [0.15, 0.2) is 0 Å². The fraction of sp³-hybridized carbons (Fsp3) is 0.625. The molecule has 1 atom stereocenters. The maximum atomic E-state index is 5.11. The van der Waals surface area contributed by atoms with Gasteiger partial charge in [0.1, 0.15) is 0 Å². The first-order valence-electron chi connectivity index (χ1n) is 3.73. The first-order chi connectivity index (χ1) is 5.22. The van der Waals surface area contributed by atoms with Gasteiger partial charge in [-0.15, -0.1) is 0 Å². The van der Waals surface area contributed by atoms with Gasteiger partial charge in [0.2, 0.25) is 0 Å². The lowest BCUT2D eigenvalue weighted by molar-refractivity contribution is 0.103. The third kappa shape index (κ3) is 2.35. The van der Waals surface area contributed by atoms with E-state index in [2.05, 4.69) is 4.98 Å². The Morgan fingerprint density at radius 2 is 2.45 bits per heavy atom. The molecule has 0 aliphatic carbocycles. The molecule has 1 aromatic rings. The molecule has 0 saturated heterocycles. The summed E-state index contributed by atoms with van der Waals surface area (Å²) in [5, 5.41) is 0. The third-order valence-corrected chi connectivity index (χ3v) is 1.63. The van der Waals surface area contributed by atoms with Crippen molar-refractivity contribution in [1.82, 2.24) is 9.55 Å². The fourth-order valence-electron chi connectivity index (χ4n) is 0.943. The predicted molar refractivity (Wildman–Crippen MR) is 43.4 cm³/mol. The lowest BCUT2D eigenvalue weighted by atomic mass is 10.4. The van der Waals surface area contributed by atoms with E-state index in [4.69, 9.17) is 4.74 Å². The molecule has 0 saturated carbocycles. The number of nitrogens with zero attached hydrogens (tertiary/aromatic N) is 2. The van der Waals surface area contributed by atoms with Gasteiger partial charge in [-0.2, -0.15) is 0 Å². The number of hydrogen-bond donors (Lipinski definition) is 0. The molecule has 0 amide bonds. The molecule has 0 aliphatic rings. The van der Waals surface area contributed by atoms with E-state index in [1.165, 1.54) is 0 Å². The van der Waals surface area contributed by atoms with Crippen LogP contribution in [0.4, 0.5) is 0 Å². The smallest absolute Gasteiger partial charge is 0.0950 e. The molecular formula is C8H14N2O. The van der Waals surface area contributed by atoms with Crippen molar-refractivity contribution in [3.8, 4) is 0 Å². The first-order valence-corrected chi connectivity index (χ1v) is 3.73. The highest BCUT2D eigenvalue weighted by atomic mass is 16.5. The molecule has 3 heteroatoms. The summed E-state index contributed by atoms with van der Waals surface area (Å²) < 4.78 is 7.15. The standard InChI is InChI=1S/C8H14N2O/c1-7-4-10(6-9-7)5-8(2)11-3/h4,6,8H,5H2,1-3H3. The second-order valence-electron chi connectivity index (χ2n) is 2.76. The molecule has 0 aromatic carbocycles. The summed E-state index contributed by atoms with van der Waals surface area (Å²) in [5.41, 5.74) is 1.05. The summed E-state index contributed by atoms with van der Waals surface area (Å²) in [6.45, 7) is 4.89. The average Bonchev–Trinajstić information content (AvgIpc) is 2.35. The number of rotatable bonds is 3. The van der Waals surface area contributed by atoms with Crippen molar-refractivity contribution in [2.45, 2.75) is 26.5 Å². The lowest BCUT2D eigenvalue weighted by Gasteiger charge is -2.08. The van der Waals surface area contributed by atoms with E-state index in [0.29, 0.717) is 0 Å².